The molecule has 56 heavy (non-hydrogen) atoms. The molecule has 0 unspecified atom stereocenters. The largest absolute Gasteiger partial charge is 0.208 e. The number of benzene rings is 8. The lowest BCUT2D eigenvalue weighted by Gasteiger charge is -2.57. The Morgan fingerprint density at radius 1 is 0.250 bits per heavy atom. The molecule has 1 heterocycles. The second kappa shape index (κ2) is 13.9. The second-order valence-electron chi connectivity index (χ2n) is 14.3. The van der Waals surface area contributed by atoms with Crippen molar-refractivity contribution in [1.82, 2.24) is 15.0 Å². The average Bonchev–Trinajstić information content (AvgIpc) is 3.30. The van der Waals surface area contributed by atoms with Gasteiger partial charge in [0.25, 0.3) is 0 Å². The summed E-state index contributed by atoms with van der Waals surface area (Å²) in [4.78, 5) is 15.5. The Hall–Kier alpha value is -7.23. The van der Waals surface area contributed by atoms with E-state index in [1.54, 1.807) is 0 Å². The Bertz CT molecular complexity index is 2630. The number of fused-ring (bicyclic) bond motifs is 3. The van der Waals surface area contributed by atoms with Gasteiger partial charge in [-0.15, -0.1) is 0 Å². The fourth-order valence-electron chi connectivity index (χ4n) is 9.19. The number of aromatic nitrogens is 3. The lowest BCUT2D eigenvalue weighted by molar-refractivity contribution is 0.415. The van der Waals surface area contributed by atoms with Crippen molar-refractivity contribution >= 4 is 0 Å². The van der Waals surface area contributed by atoms with E-state index in [1.165, 1.54) is 44.5 Å². The smallest absolute Gasteiger partial charge is 0.164 e. The van der Waals surface area contributed by atoms with Crippen molar-refractivity contribution in [2.45, 2.75) is 10.8 Å². The summed E-state index contributed by atoms with van der Waals surface area (Å²) in [6, 6.07) is 80.5. The first-order valence-electron chi connectivity index (χ1n) is 19.1. The third-order valence-corrected chi connectivity index (χ3v) is 11.4. The van der Waals surface area contributed by atoms with E-state index < -0.39 is 10.8 Å². The summed E-state index contributed by atoms with van der Waals surface area (Å²) in [7, 11) is 0. The van der Waals surface area contributed by atoms with Gasteiger partial charge in [-0.3, -0.25) is 0 Å². The molecule has 1 aliphatic carbocycles. The SMILES string of the molecule is c1ccc(-c2nc(-c3ccccc3)nc(-c3ccc4c(c3)C(c3ccccc3)(c3ccccc3)C(c3ccccc3)(c3ccccc3)c3ccccc3-4)n2)cc1. The van der Waals surface area contributed by atoms with Gasteiger partial charge in [0.05, 0.1) is 10.8 Å². The van der Waals surface area contributed by atoms with Gasteiger partial charge in [0.15, 0.2) is 17.5 Å². The van der Waals surface area contributed by atoms with Crippen LogP contribution in [-0.2, 0) is 10.8 Å². The molecule has 0 bridgehead atoms. The molecule has 0 atom stereocenters. The molecule has 0 amide bonds. The maximum atomic E-state index is 5.22. The molecule has 9 aromatic rings. The third kappa shape index (κ3) is 5.16. The van der Waals surface area contributed by atoms with Crippen molar-refractivity contribution in [2.24, 2.45) is 0 Å². The highest BCUT2D eigenvalue weighted by atomic mass is 15.0. The van der Waals surface area contributed by atoms with E-state index in [0.717, 1.165) is 16.7 Å². The lowest BCUT2D eigenvalue weighted by atomic mass is 9.43. The summed E-state index contributed by atoms with van der Waals surface area (Å²) in [5.74, 6) is 1.90. The Balaban J connectivity index is 1.38. The lowest BCUT2D eigenvalue weighted by Crippen LogP contribution is -2.54. The van der Waals surface area contributed by atoms with Crippen molar-refractivity contribution in [2.75, 3.05) is 0 Å². The minimum Gasteiger partial charge on any atom is -0.208 e. The topological polar surface area (TPSA) is 38.7 Å². The van der Waals surface area contributed by atoms with Crippen LogP contribution in [0.4, 0.5) is 0 Å². The van der Waals surface area contributed by atoms with Gasteiger partial charge in [-0.1, -0.05) is 218 Å². The Kier molecular flexibility index (Phi) is 8.26. The van der Waals surface area contributed by atoms with Crippen molar-refractivity contribution in [3.05, 3.63) is 258 Å². The molecule has 0 saturated carbocycles. The van der Waals surface area contributed by atoms with Crippen molar-refractivity contribution < 1.29 is 0 Å². The van der Waals surface area contributed by atoms with Crippen LogP contribution < -0.4 is 0 Å². The summed E-state index contributed by atoms with van der Waals surface area (Å²) >= 11 is 0. The summed E-state index contributed by atoms with van der Waals surface area (Å²) in [6.07, 6.45) is 0. The van der Waals surface area contributed by atoms with E-state index in [-0.39, 0.29) is 0 Å². The highest BCUT2D eigenvalue weighted by Gasteiger charge is 2.61. The molecule has 8 aromatic carbocycles. The zero-order valence-corrected chi connectivity index (χ0v) is 30.7. The van der Waals surface area contributed by atoms with Crippen molar-refractivity contribution in [1.29, 1.82) is 0 Å². The molecule has 3 heteroatoms. The maximum Gasteiger partial charge on any atom is 0.164 e. The highest BCUT2D eigenvalue weighted by Crippen LogP contribution is 2.65. The van der Waals surface area contributed by atoms with Gasteiger partial charge in [-0.2, -0.15) is 0 Å². The van der Waals surface area contributed by atoms with Crippen LogP contribution in [0.2, 0.25) is 0 Å². The average molecular weight is 716 g/mol. The van der Waals surface area contributed by atoms with Crippen LogP contribution in [0.15, 0.2) is 224 Å². The first-order valence-corrected chi connectivity index (χ1v) is 19.1. The standard InChI is InChI=1S/C53H37N3/c1-7-21-38(22-8-1)49-54-50(39-23-9-2-10-24-39)56-51(55-49)40-35-36-46-45-33-19-20-34-47(45)52(41-25-11-3-12-26-41,42-27-13-4-14-28-42)53(48(46)37-40,43-29-15-5-16-30-43)44-31-17-6-18-32-44/h1-37H. The van der Waals surface area contributed by atoms with Gasteiger partial charge in [0, 0.05) is 16.7 Å². The van der Waals surface area contributed by atoms with E-state index in [1.807, 2.05) is 36.4 Å². The molecule has 0 N–H and O–H groups in total. The van der Waals surface area contributed by atoms with Crippen LogP contribution >= 0.6 is 0 Å². The number of hydrogen-bond donors (Lipinski definition) is 0. The fraction of sp³-hybridized carbons (Fsp3) is 0.0377. The third-order valence-electron chi connectivity index (χ3n) is 11.4. The molecule has 0 radical (unpaired) electrons. The maximum absolute atomic E-state index is 5.22. The fourth-order valence-corrected chi connectivity index (χ4v) is 9.19. The van der Waals surface area contributed by atoms with Gasteiger partial charge in [-0.05, 0) is 50.6 Å². The van der Waals surface area contributed by atoms with E-state index in [9.17, 15) is 0 Å². The predicted molar refractivity (Wildman–Crippen MR) is 227 cm³/mol. The first kappa shape index (κ1) is 33.3. The zero-order valence-electron chi connectivity index (χ0n) is 30.7. The number of hydrogen-bond acceptors (Lipinski definition) is 3. The minimum atomic E-state index is -0.768. The molecule has 10 rings (SSSR count). The molecular weight excluding hydrogens is 679 g/mol. The monoisotopic (exact) mass is 715 g/mol. The molecule has 1 aromatic heterocycles. The van der Waals surface area contributed by atoms with Crippen LogP contribution in [0, 0.1) is 0 Å². The van der Waals surface area contributed by atoms with Crippen LogP contribution in [-0.4, -0.2) is 15.0 Å². The molecule has 1 aliphatic rings. The molecule has 264 valence electrons. The van der Waals surface area contributed by atoms with Gasteiger partial charge in [-0.25, -0.2) is 15.0 Å². The van der Waals surface area contributed by atoms with Crippen LogP contribution in [0.3, 0.4) is 0 Å². The van der Waals surface area contributed by atoms with Gasteiger partial charge in [0.1, 0.15) is 0 Å². The highest BCUT2D eigenvalue weighted by molar-refractivity contribution is 5.87. The molecule has 0 spiro atoms. The van der Waals surface area contributed by atoms with Gasteiger partial charge < -0.3 is 0 Å². The Morgan fingerprint density at radius 2 is 0.571 bits per heavy atom. The first-order chi connectivity index (χ1) is 27.8. The Labute approximate surface area is 327 Å². The second-order valence-corrected chi connectivity index (χ2v) is 14.3. The van der Waals surface area contributed by atoms with Crippen LogP contribution in [0.25, 0.3) is 45.3 Å². The normalized spacial score (nSPS) is 13.6. The summed E-state index contributed by atoms with van der Waals surface area (Å²) in [5.41, 5.74) is 10.9. The van der Waals surface area contributed by atoms with E-state index in [4.69, 9.17) is 15.0 Å². The van der Waals surface area contributed by atoms with Crippen molar-refractivity contribution in [3.8, 4) is 45.3 Å². The molecule has 3 nitrogen and oxygen atoms in total. The number of nitrogens with zero attached hydrogens (tertiary/aromatic N) is 3. The van der Waals surface area contributed by atoms with E-state index in [2.05, 4.69) is 188 Å². The van der Waals surface area contributed by atoms with E-state index >= 15 is 0 Å². The van der Waals surface area contributed by atoms with Gasteiger partial charge in [0.2, 0.25) is 0 Å². The molecule has 0 aliphatic heterocycles. The van der Waals surface area contributed by atoms with Crippen LogP contribution in [0.1, 0.15) is 33.4 Å². The summed E-state index contributed by atoms with van der Waals surface area (Å²) in [6.45, 7) is 0. The summed E-state index contributed by atoms with van der Waals surface area (Å²) in [5, 5.41) is 0. The van der Waals surface area contributed by atoms with Gasteiger partial charge >= 0.3 is 0 Å². The van der Waals surface area contributed by atoms with E-state index in [0.29, 0.717) is 17.5 Å². The predicted octanol–water partition coefficient (Wildman–Crippen LogP) is 12.2. The quantitative estimate of drug-likeness (QED) is 0.165. The zero-order chi connectivity index (χ0) is 37.4. The van der Waals surface area contributed by atoms with Crippen molar-refractivity contribution in [3.63, 3.8) is 0 Å². The molecule has 0 saturated heterocycles. The Morgan fingerprint density at radius 3 is 1.00 bits per heavy atom. The minimum absolute atomic E-state index is 0.624. The molecule has 0 fully saturated rings. The van der Waals surface area contributed by atoms with Crippen LogP contribution in [0.5, 0.6) is 0 Å². The number of rotatable bonds is 7. The summed E-state index contributed by atoms with van der Waals surface area (Å²) < 4.78 is 0. The molecular formula is C53H37N3.